The minimum Gasteiger partial charge on any atom is -0.342 e. The van der Waals surface area contributed by atoms with Gasteiger partial charge in [-0.05, 0) is 13.3 Å². The molecule has 1 fully saturated rings. The third-order valence-electron chi connectivity index (χ3n) is 1.51. The lowest BCUT2D eigenvalue weighted by Gasteiger charge is -2.34. The van der Waals surface area contributed by atoms with Crippen LogP contribution in [0.15, 0.2) is 0 Å². The smallest absolute Gasteiger partial charge is 0.209 e. The molecular weight excluding hydrogens is 138 g/mol. The molecule has 0 aliphatic carbocycles. The fraction of sp³-hybridized carbons (Fsp3) is 0.889. The Kier molecular flexibility index (Phi) is 11.3. The van der Waals surface area contributed by atoms with Crippen molar-refractivity contribution in [1.82, 2.24) is 4.90 Å². The zero-order valence-electron chi connectivity index (χ0n) is 8.42. The van der Waals surface area contributed by atoms with Gasteiger partial charge >= 0.3 is 0 Å². The Balaban J connectivity index is 0. The van der Waals surface area contributed by atoms with Gasteiger partial charge in [0.2, 0.25) is 6.41 Å². The van der Waals surface area contributed by atoms with Crippen LogP contribution in [0.2, 0.25) is 0 Å². The molecule has 0 saturated carbocycles. The highest BCUT2D eigenvalue weighted by Gasteiger charge is 2.20. The molecule has 1 unspecified atom stereocenters. The third-order valence-corrected chi connectivity index (χ3v) is 1.51. The van der Waals surface area contributed by atoms with Gasteiger partial charge in [-0.2, -0.15) is 0 Å². The van der Waals surface area contributed by atoms with Crippen LogP contribution in [0.4, 0.5) is 0 Å². The van der Waals surface area contributed by atoms with Gasteiger partial charge in [-0.3, -0.25) is 4.79 Å². The van der Waals surface area contributed by atoms with Crippen molar-refractivity contribution in [3.8, 4) is 0 Å². The van der Waals surface area contributed by atoms with E-state index in [1.165, 1.54) is 6.42 Å². The molecule has 1 heterocycles. The first-order valence-corrected chi connectivity index (χ1v) is 4.55. The lowest BCUT2D eigenvalue weighted by Crippen LogP contribution is -2.44. The summed E-state index contributed by atoms with van der Waals surface area (Å²) in [5, 5.41) is 0. The van der Waals surface area contributed by atoms with E-state index >= 15 is 0 Å². The number of hydrogen-bond donors (Lipinski definition) is 0. The molecule has 1 rings (SSSR count). The average molecular weight is 159 g/mol. The minimum absolute atomic E-state index is 0.512. The van der Waals surface area contributed by atoms with E-state index in [-0.39, 0.29) is 0 Å². The van der Waals surface area contributed by atoms with Gasteiger partial charge < -0.3 is 4.90 Å². The number of rotatable bonds is 1. The number of likely N-dealkylation sites (tertiary alicyclic amines) is 1. The summed E-state index contributed by atoms with van der Waals surface area (Å²) in [5.41, 5.74) is 0. The van der Waals surface area contributed by atoms with Gasteiger partial charge in [0.15, 0.2) is 0 Å². The molecule has 0 aromatic rings. The van der Waals surface area contributed by atoms with Gasteiger partial charge in [-0.15, -0.1) is 0 Å². The molecule has 0 aromatic carbocycles. The normalized spacial score (nSPS) is 19.7. The Morgan fingerprint density at radius 3 is 1.73 bits per heavy atom. The Morgan fingerprint density at radius 1 is 1.27 bits per heavy atom. The van der Waals surface area contributed by atoms with Gasteiger partial charge in [0.05, 0.1) is 0 Å². The van der Waals surface area contributed by atoms with Crippen LogP contribution < -0.4 is 0 Å². The summed E-state index contributed by atoms with van der Waals surface area (Å²) in [7, 11) is 0. The summed E-state index contributed by atoms with van der Waals surface area (Å²) in [6, 6.07) is 0.512. The van der Waals surface area contributed by atoms with Crippen LogP contribution in [0.5, 0.6) is 0 Å². The van der Waals surface area contributed by atoms with E-state index in [1.807, 2.05) is 27.7 Å². The molecule has 0 spiro atoms. The molecule has 0 radical (unpaired) electrons. The minimum atomic E-state index is 0.512. The van der Waals surface area contributed by atoms with E-state index in [0.717, 1.165) is 13.0 Å². The quantitative estimate of drug-likeness (QED) is 0.537. The predicted octanol–water partition coefficient (Wildman–Crippen LogP) is 2.29. The summed E-state index contributed by atoms with van der Waals surface area (Å²) < 4.78 is 0. The van der Waals surface area contributed by atoms with Crippen molar-refractivity contribution < 1.29 is 4.79 Å². The molecule has 2 nitrogen and oxygen atoms in total. The first kappa shape index (κ1) is 13.1. The second-order valence-corrected chi connectivity index (χ2v) is 1.98. The third kappa shape index (κ3) is 4.82. The maximum atomic E-state index is 9.92. The molecule has 0 aromatic heterocycles. The van der Waals surface area contributed by atoms with E-state index in [1.54, 1.807) is 4.90 Å². The molecule has 0 N–H and O–H groups in total. The first-order chi connectivity index (χ1) is 5.34. The van der Waals surface area contributed by atoms with E-state index < -0.39 is 0 Å². The van der Waals surface area contributed by atoms with Crippen LogP contribution in [0.25, 0.3) is 0 Å². The molecule has 1 saturated heterocycles. The molecule has 68 valence electrons. The largest absolute Gasteiger partial charge is 0.342 e. The van der Waals surface area contributed by atoms with Crippen molar-refractivity contribution in [2.75, 3.05) is 6.54 Å². The van der Waals surface area contributed by atoms with E-state index in [0.29, 0.717) is 6.04 Å². The van der Waals surface area contributed by atoms with Crippen LogP contribution in [-0.2, 0) is 4.79 Å². The molecule has 1 atom stereocenters. The number of amides is 1. The van der Waals surface area contributed by atoms with Gasteiger partial charge in [-0.25, -0.2) is 0 Å². The zero-order valence-corrected chi connectivity index (χ0v) is 8.42. The highest BCUT2D eigenvalue weighted by molar-refractivity contribution is 5.49. The van der Waals surface area contributed by atoms with Gasteiger partial charge in [0.1, 0.15) is 0 Å². The standard InChI is InChI=1S/C5H9NO.2C2H6/c1-5-2-3-6(5)4-7;2*1-2/h4-5H,2-3H2,1H3;2*1-2H3. The Labute approximate surface area is 70.6 Å². The van der Waals surface area contributed by atoms with Crippen molar-refractivity contribution >= 4 is 6.41 Å². The highest BCUT2D eigenvalue weighted by Crippen LogP contribution is 2.11. The van der Waals surface area contributed by atoms with Crippen LogP contribution >= 0.6 is 0 Å². The van der Waals surface area contributed by atoms with Crippen LogP contribution in [-0.4, -0.2) is 23.9 Å². The zero-order chi connectivity index (χ0) is 9.28. The molecule has 1 aliphatic rings. The van der Waals surface area contributed by atoms with E-state index in [2.05, 4.69) is 6.92 Å². The number of carbonyl (C=O) groups is 1. The molecule has 1 aliphatic heterocycles. The molecule has 11 heavy (non-hydrogen) atoms. The second-order valence-electron chi connectivity index (χ2n) is 1.98. The topological polar surface area (TPSA) is 20.3 Å². The summed E-state index contributed by atoms with van der Waals surface area (Å²) in [6.07, 6.45) is 2.09. The van der Waals surface area contributed by atoms with Gasteiger partial charge in [-0.1, -0.05) is 27.7 Å². The maximum absolute atomic E-state index is 9.92. The second kappa shape index (κ2) is 9.47. The molecule has 0 bridgehead atoms. The summed E-state index contributed by atoms with van der Waals surface area (Å²) >= 11 is 0. The Morgan fingerprint density at radius 2 is 1.73 bits per heavy atom. The first-order valence-electron chi connectivity index (χ1n) is 4.55. The van der Waals surface area contributed by atoms with Crippen molar-refractivity contribution in [3.63, 3.8) is 0 Å². The van der Waals surface area contributed by atoms with E-state index in [9.17, 15) is 4.79 Å². The van der Waals surface area contributed by atoms with Crippen molar-refractivity contribution in [2.24, 2.45) is 0 Å². The Hall–Kier alpha value is -0.530. The maximum Gasteiger partial charge on any atom is 0.209 e. The lowest BCUT2D eigenvalue weighted by molar-refractivity contribution is -0.124. The fourth-order valence-corrected chi connectivity index (χ4v) is 0.693. The van der Waals surface area contributed by atoms with Gasteiger partial charge in [0.25, 0.3) is 0 Å². The molecule has 1 amide bonds. The monoisotopic (exact) mass is 159 g/mol. The molecule has 2 heteroatoms. The highest BCUT2D eigenvalue weighted by atomic mass is 16.1. The average Bonchev–Trinajstić information content (AvgIpc) is 2.10. The number of carbonyl (C=O) groups excluding carboxylic acids is 1. The van der Waals surface area contributed by atoms with Crippen molar-refractivity contribution in [2.45, 2.75) is 47.1 Å². The number of nitrogens with zero attached hydrogens (tertiary/aromatic N) is 1. The van der Waals surface area contributed by atoms with Crippen LogP contribution in [0.3, 0.4) is 0 Å². The van der Waals surface area contributed by atoms with Crippen molar-refractivity contribution in [1.29, 1.82) is 0 Å². The summed E-state index contributed by atoms with van der Waals surface area (Å²) in [6.45, 7) is 11.0. The van der Waals surface area contributed by atoms with Crippen LogP contribution in [0, 0.1) is 0 Å². The Bertz CT molecular complexity index is 83.6. The van der Waals surface area contributed by atoms with Crippen molar-refractivity contribution in [3.05, 3.63) is 0 Å². The molecular formula is C9H21NO. The SMILES string of the molecule is CC.CC.CC1CCN1C=O. The van der Waals surface area contributed by atoms with Crippen LogP contribution in [0.1, 0.15) is 41.0 Å². The fourth-order valence-electron chi connectivity index (χ4n) is 0.693. The lowest BCUT2D eigenvalue weighted by atomic mass is 10.1. The van der Waals surface area contributed by atoms with E-state index in [4.69, 9.17) is 0 Å². The number of hydrogen-bond acceptors (Lipinski definition) is 1. The van der Waals surface area contributed by atoms with Gasteiger partial charge in [0, 0.05) is 12.6 Å². The predicted molar refractivity (Wildman–Crippen MR) is 49.5 cm³/mol. The summed E-state index contributed by atoms with van der Waals surface area (Å²) in [5.74, 6) is 0. The summed E-state index contributed by atoms with van der Waals surface area (Å²) in [4.78, 5) is 11.7.